The number of likely N-dealkylation sites (tertiary alicyclic amines) is 1. The Labute approximate surface area is 113 Å². The zero-order chi connectivity index (χ0) is 14.0. The van der Waals surface area contributed by atoms with Gasteiger partial charge in [0.2, 0.25) is 0 Å². The number of hydrogen-bond acceptors (Lipinski definition) is 3. The van der Waals surface area contributed by atoms with Gasteiger partial charge in [-0.3, -0.25) is 9.59 Å². The van der Waals surface area contributed by atoms with Crippen LogP contribution < -0.4 is 0 Å². The minimum absolute atomic E-state index is 0.0155. The number of esters is 1. The number of methoxy groups -OCH3 is 1. The summed E-state index contributed by atoms with van der Waals surface area (Å²) in [5.74, 6) is -0.314. The molecule has 4 heteroatoms. The second-order valence-corrected chi connectivity index (χ2v) is 5.18. The lowest BCUT2D eigenvalue weighted by atomic mass is 9.99. The highest BCUT2D eigenvalue weighted by atomic mass is 16.5. The van der Waals surface area contributed by atoms with Gasteiger partial charge in [-0.1, -0.05) is 24.6 Å². The van der Waals surface area contributed by atoms with E-state index in [-0.39, 0.29) is 23.7 Å². The van der Waals surface area contributed by atoms with Crippen molar-refractivity contribution in [1.29, 1.82) is 0 Å². The summed E-state index contributed by atoms with van der Waals surface area (Å²) in [5.41, 5.74) is 1.79. The molecule has 1 amide bonds. The number of benzene rings is 1. The summed E-state index contributed by atoms with van der Waals surface area (Å²) in [5, 5.41) is 0. The molecule has 1 saturated heterocycles. The van der Waals surface area contributed by atoms with Crippen LogP contribution in [0.1, 0.15) is 22.8 Å². The summed E-state index contributed by atoms with van der Waals surface area (Å²) in [6.45, 7) is 5.01. The molecule has 4 nitrogen and oxygen atoms in total. The molecule has 0 N–H and O–H groups in total. The maximum Gasteiger partial charge on any atom is 0.310 e. The largest absolute Gasteiger partial charge is 0.469 e. The SMILES string of the molecule is COC(=O)C1CN(C(=O)c2ccc(C)cc2)CC1C. The van der Waals surface area contributed by atoms with Crippen LogP contribution in [0.25, 0.3) is 0 Å². The van der Waals surface area contributed by atoms with Gasteiger partial charge in [-0.25, -0.2) is 0 Å². The van der Waals surface area contributed by atoms with Gasteiger partial charge in [0.1, 0.15) is 0 Å². The van der Waals surface area contributed by atoms with E-state index >= 15 is 0 Å². The van der Waals surface area contributed by atoms with Crippen LogP contribution in [0, 0.1) is 18.8 Å². The Kier molecular flexibility index (Phi) is 3.88. The van der Waals surface area contributed by atoms with Crippen molar-refractivity contribution in [3.8, 4) is 0 Å². The van der Waals surface area contributed by atoms with E-state index in [1.54, 1.807) is 4.90 Å². The molecular formula is C15H19NO3. The van der Waals surface area contributed by atoms with Crippen molar-refractivity contribution in [1.82, 2.24) is 4.90 Å². The third-order valence-electron chi connectivity index (χ3n) is 3.70. The van der Waals surface area contributed by atoms with E-state index in [0.29, 0.717) is 18.7 Å². The zero-order valence-corrected chi connectivity index (χ0v) is 11.6. The fourth-order valence-corrected chi connectivity index (χ4v) is 2.47. The van der Waals surface area contributed by atoms with E-state index in [0.717, 1.165) is 5.56 Å². The Balaban J connectivity index is 2.09. The number of nitrogens with zero attached hydrogens (tertiary/aromatic N) is 1. The lowest BCUT2D eigenvalue weighted by Crippen LogP contribution is -2.30. The van der Waals surface area contributed by atoms with Crippen molar-refractivity contribution >= 4 is 11.9 Å². The fourth-order valence-electron chi connectivity index (χ4n) is 2.47. The predicted molar refractivity (Wildman–Crippen MR) is 71.8 cm³/mol. The summed E-state index contributed by atoms with van der Waals surface area (Å²) in [4.78, 5) is 25.7. The molecule has 2 rings (SSSR count). The van der Waals surface area contributed by atoms with Crippen LogP contribution in [0.3, 0.4) is 0 Å². The van der Waals surface area contributed by atoms with Crippen LogP contribution in [0.2, 0.25) is 0 Å². The van der Waals surface area contributed by atoms with Crippen molar-refractivity contribution in [2.24, 2.45) is 11.8 Å². The normalized spacial score (nSPS) is 22.4. The summed E-state index contributed by atoms with van der Waals surface area (Å²) >= 11 is 0. The monoisotopic (exact) mass is 261 g/mol. The summed E-state index contributed by atoms with van der Waals surface area (Å²) in [6, 6.07) is 7.50. The molecule has 19 heavy (non-hydrogen) atoms. The van der Waals surface area contributed by atoms with Crippen molar-refractivity contribution < 1.29 is 14.3 Å². The molecule has 0 aliphatic carbocycles. The van der Waals surface area contributed by atoms with Crippen LogP contribution >= 0.6 is 0 Å². The van der Waals surface area contributed by atoms with Crippen molar-refractivity contribution in [3.63, 3.8) is 0 Å². The third kappa shape index (κ3) is 2.78. The summed E-state index contributed by atoms with van der Waals surface area (Å²) in [7, 11) is 1.39. The minimum atomic E-state index is -0.230. The molecule has 0 spiro atoms. The van der Waals surface area contributed by atoms with Gasteiger partial charge in [-0.2, -0.15) is 0 Å². The first kappa shape index (κ1) is 13.6. The Bertz CT molecular complexity index is 481. The Hall–Kier alpha value is -1.84. The van der Waals surface area contributed by atoms with E-state index in [4.69, 9.17) is 4.74 Å². The highest BCUT2D eigenvalue weighted by Crippen LogP contribution is 2.25. The molecule has 0 bridgehead atoms. The summed E-state index contributed by atoms with van der Waals surface area (Å²) in [6.07, 6.45) is 0. The molecular weight excluding hydrogens is 242 g/mol. The molecule has 1 aliphatic heterocycles. The maximum atomic E-state index is 12.3. The van der Waals surface area contributed by atoms with Crippen LogP contribution in [-0.4, -0.2) is 37.0 Å². The highest BCUT2D eigenvalue weighted by molar-refractivity contribution is 5.95. The molecule has 0 aromatic heterocycles. The zero-order valence-electron chi connectivity index (χ0n) is 11.6. The van der Waals surface area contributed by atoms with Crippen LogP contribution in [0.15, 0.2) is 24.3 Å². The van der Waals surface area contributed by atoms with Gasteiger partial charge in [-0.05, 0) is 25.0 Å². The first-order valence-corrected chi connectivity index (χ1v) is 6.46. The van der Waals surface area contributed by atoms with E-state index in [2.05, 4.69) is 0 Å². The molecule has 102 valence electrons. The lowest BCUT2D eigenvalue weighted by molar-refractivity contribution is -0.146. The summed E-state index contributed by atoms with van der Waals surface area (Å²) < 4.78 is 4.78. The average molecular weight is 261 g/mol. The van der Waals surface area contributed by atoms with E-state index < -0.39 is 0 Å². The standard InChI is InChI=1S/C15H19NO3/c1-10-4-6-12(7-5-10)14(17)16-8-11(2)13(9-16)15(18)19-3/h4-7,11,13H,8-9H2,1-3H3. The van der Waals surface area contributed by atoms with Gasteiger partial charge in [0.05, 0.1) is 13.0 Å². The molecule has 2 atom stereocenters. The van der Waals surface area contributed by atoms with Crippen LogP contribution in [-0.2, 0) is 9.53 Å². The Morgan fingerprint density at radius 3 is 2.42 bits per heavy atom. The van der Waals surface area contributed by atoms with Crippen LogP contribution in [0.4, 0.5) is 0 Å². The van der Waals surface area contributed by atoms with Gasteiger partial charge in [-0.15, -0.1) is 0 Å². The molecule has 2 unspecified atom stereocenters. The quantitative estimate of drug-likeness (QED) is 0.764. The number of rotatable bonds is 2. The second-order valence-electron chi connectivity index (χ2n) is 5.18. The number of ether oxygens (including phenoxy) is 1. The van der Waals surface area contributed by atoms with Crippen LogP contribution in [0.5, 0.6) is 0 Å². The highest BCUT2D eigenvalue weighted by Gasteiger charge is 2.37. The van der Waals surface area contributed by atoms with Crippen molar-refractivity contribution in [3.05, 3.63) is 35.4 Å². The molecule has 1 aromatic carbocycles. The molecule has 1 fully saturated rings. The number of amides is 1. The topological polar surface area (TPSA) is 46.6 Å². The van der Waals surface area contributed by atoms with Gasteiger partial charge in [0, 0.05) is 18.7 Å². The lowest BCUT2D eigenvalue weighted by Gasteiger charge is -2.16. The third-order valence-corrected chi connectivity index (χ3v) is 3.70. The number of hydrogen-bond donors (Lipinski definition) is 0. The van der Waals surface area contributed by atoms with Gasteiger partial charge < -0.3 is 9.64 Å². The second kappa shape index (κ2) is 5.43. The van der Waals surface area contributed by atoms with Gasteiger partial charge in [0.25, 0.3) is 5.91 Å². The molecule has 1 aliphatic rings. The first-order valence-electron chi connectivity index (χ1n) is 6.46. The van der Waals surface area contributed by atoms with Gasteiger partial charge >= 0.3 is 5.97 Å². The molecule has 0 radical (unpaired) electrons. The minimum Gasteiger partial charge on any atom is -0.469 e. The molecule has 1 heterocycles. The molecule has 0 saturated carbocycles. The van der Waals surface area contributed by atoms with E-state index in [9.17, 15) is 9.59 Å². The number of carbonyl (C=O) groups excluding carboxylic acids is 2. The Morgan fingerprint density at radius 1 is 1.21 bits per heavy atom. The number of carbonyl (C=O) groups is 2. The number of aryl methyl sites for hydroxylation is 1. The van der Waals surface area contributed by atoms with E-state index in [1.165, 1.54) is 7.11 Å². The molecule has 1 aromatic rings. The first-order chi connectivity index (χ1) is 9.02. The van der Waals surface area contributed by atoms with E-state index in [1.807, 2.05) is 38.1 Å². The Morgan fingerprint density at radius 2 is 1.84 bits per heavy atom. The smallest absolute Gasteiger partial charge is 0.310 e. The van der Waals surface area contributed by atoms with Crippen molar-refractivity contribution in [2.45, 2.75) is 13.8 Å². The predicted octanol–water partition coefficient (Wildman–Crippen LogP) is 1.88. The van der Waals surface area contributed by atoms with Crippen molar-refractivity contribution in [2.75, 3.05) is 20.2 Å². The van der Waals surface area contributed by atoms with Gasteiger partial charge in [0.15, 0.2) is 0 Å². The fraction of sp³-hybridized carbons (Fsp3) is 0.467. The average Bonchev–Trinajstić information content (AvgIpc) is 2.80. The maximum absolute atomic E-state index is 12.3.